The summed E-state index contributed by atoms with van der Waals surface area (Å²) in [7, 11) is -2.96. The highest BCUT2D eigenvalue weighted by atomic mass is 32.2. The van der Waals surface area contributed by atoms with Crippen molar-refractivity contribution in [2.75, 3.05) is 11.5 Å². The van der Waals surface area contributed by atoms with Gasteiger partial charge in [0.1, 0.15) is 0 Å². The second kappa shape index (κ2) is 5.34. The Kier molecular flexibility index (Phi) is 3.81. The van der Waals surface area contributed by atoms with Gasteiger partial charge in [0.25, 0.3) is 0 Å². The van der Waals surface area contributed by atoms with Crippen molar-refractivity contribution in [1.29, 1.82) is 0 Å². The number of rotatable bonds is 3. The second-order valence-corrected chi connectivity index (χ2v) is 6.51. The summed E-state index contributed by atoms with van der Waals surface area (Å²) in [5, 5.41) is 5.34. The molecule has 18 heavy (non-hydrogen) atoms. The van der Waals surface area contributed by atoms with Crippen LogP contribution < -0.4 is 10.6 Å². The molecule has 1 aromatic rings. The zero-order chi connectivity index (χ0) is 13.0. The van der Waals surface area contributed by atoms with Crippen molar-refractivity contribution in [3.8, 4) is 0 Å². The minimum atomic E-state index is -2.96. The number of amides is 2. The zero-order valence-corrected chi connectivity index (χ0v) is 10.6. The first kappa shape index (κ1) is 12.8. The standard InChI is InChI=1S/C11H15N3O3S/c15-11(13-7-9-1-4-12-5-2-9)14-10-3-6-18(16,17)8-10/h1-2,4-5,10H,3,6-8H2,(H2,13,14,15). The molecule has 6 nitrogen and oxygen atoms in total. The third-order valence-electron chi connectivity index (χ3n) is 2.77. The molecular formula is C11H15N3O3S. The molecule has 1 aromatic heterocycles. The summed E-state index contributed by atoms with van der Waals surface area (Å²) in [6.45, 7) is 0.397. The van der Waals surface area contributed by atoms with Gasteiger partial charge < -0.3 is 10.6 Å². The van der Waals surface area contributed by atoms with Crippen LogP contribution in [0.3, 0.4) is 0 Å². The van der Waals surface area contributed by atoms with E-state index in [2.05, 4.69) is 15.6 Å². The van der Waals surface area contributed by atoms with E-state index in [0.29, 0.717) is 13.0 Å². The molecule has 1 saturated heterocycles. The van der Waals surface area contributed by atoms with Gasteiger partial charge in [-0.25, -0.2) is 13.2 Å². The predicted molar refractivity (Wildman–Crippen MR) is 66.7 cm³/mol. The van der Waals surface area contributed by atoms with E-state index < -0.39 is 9.84 Å². The van der Waals surface area contributed by atoms with Gasteiger partial charge in [0.2, 0.25) is 0 Å². The van der Waals surface area contributed by atoms with Gasteiger partial charge in [-0.15, -0.1) is 0 Å². The number of aromatic nitrogens is 1. The summed E-state index contributed by atoms with van der Waals surface area (Å²) in [6.07, 6.45) is 3.79. The number of sulfone groups is 1. The Hall–Kier alpha value is -1.63. The maximum absolute atomic E-state index is 11.6. The molecule has 1 aliphatic rings. The van der Waals surface area contributed by atoms with E-state index in [1.54, 1.807) is 24.5 Å². The second-order valence-electron chi connectivity index (χ2n) is 4.28. The number of hydrogen-bond donors (Lipinski definition) is 2. The molecule has 0 aromatic carbocycles. The van der Waals surface area contributed by atoms with E-state index in [4.69, 9.17) is 0 Å². The van der Waals surface area contributed by atoms with Gasteiger partial charge in [0, 0.05) is 25.0 Å². The molecule has 0 aliphatic carbocycles. The van der Waals surface area contributed by atoms with Crippen LogP contribution in [0.1, 0.15) is 12.0 Å². The van der Waals surface area contributed by atoms with Crippen LogP contribution in [-0.4, -0.2) is 37.0 Å². The number of nitrogens with zero attached hydrogens (tertiary/aromatic N) is 1. The fourth-order valence-corrected chi connectivity index (χ4v) is 3.50. The highest BCUT2D eigenvalue weighted by Gasteiger charge is 2.28. The molecular weight excluding hydrogens is 254 g/mol. The third-order valence-corrected chi connectivity index (χ3v) is 4.54. The van der Waals surface area contributed by atoms with E-state index in [-0.39, 0.29) is 23.6 Å². The van der Waals surface area contributed by atoms with E-state index in [0.717, 1.165) is 5.56 Å². The monoisotopic (exact) mass is 269 g/mol. The van der Waals surface area contributed by atoms with Gasteiger partial charge in [0.15, 0.2) is 9.84 Å². The maximum atomic E-state index is 11.6. The van der Waals surface area contributed by atoms with Crippen LogP contribution in [0, 0.1) is 0 Å². The predicted octanol–water partition coefficient (Wildman–Crippen LogP) is 0.0679. The molecule has 0 spiro atoms. The average Bonchev–Trinajstić information content (AvgIpc) is 2.67. The summed E-state index contributed by atoms with van der Waals surface area (Å²) in [6, 6.07) is 3.00. The summed E-state index contributed by atoms with van der Waals surface area (Å²) < 4.78 is 22.4. The fourth-order valence-electron chi connectivity index (χ4n) is 1.83. The minimum Gasteiger partial charge on any atom is -0.334 e. The average molecular weight is 269 g/mol. The SMILES string of the molecule is O=C(NCc1ccncc1)NC1CCS(=O)(=O)C1. The van der Waals surface area contributed by atoms with Crippen LogP contribution in [0.5, 0.6) is 0 Å². The Morgan fingerprint density at radius 2 is 2.11 bits per heavy atom. The number of carbonyl (C=O) groups excluding carboxylic acids is 1. The van der Waals surface area contributed by atoms with Crippen LogP contribution in [0.15, 0.2) is 24.5 Å². The number of nitrogens with one attached hydrogen (secondary N) is 2. The molecule has 98 valence electrons. The molecule has 2 heterocycles. The van der Waals surface area contributed by atoms with Gasteiger partial charge in [0.05, 0.1) is 11.5 Å². The highest BCUT2D eigenvalue weighted by molar-refractivity contribution is 7.91. The Morgan fingerprint density at radius 1 is 1.39 bits per heavy atom. The minimum absolute atomic E-state index is 0.0374. The van der Waals surface area contributed by atoms with Crippen LogP contribution in [0.4, 0.5) is 4.79 Å². The zero-order valence-electron chi connectivity index (χ0n) is 9.80. The molecule has 0 saturated carbocycles. The molecule has 1 atom stereocenters. The lowest BCUT2D eigenvalue weighted by atomic mass is 10.2. The van der Waals surface area contributed by atoms with Crippen molar-refractivity contribution in [1.82, 2.24) is 15.6 Å². The fraction of sp³-hybridized carbons (Fsp3) is 0.455. The van der Waals surface area contributed by atoms with Gasteiger partial charge in [-0.05, 0) is 24.1 Å². The lowest BCUT2D eigenvalue weighted by molar-refractivity contribution is 0.237. The maximum Gasteiger partial charge on any atom is 0.315 e. The van der Waals surface area contributed by atoms with Crippen LogP contribution >= 0.6 is 0 Å². The van der Waals surface area contributed by atoms with Gasteiger partial charge in [-0.3, -0.25) is 4.98 Å². The third kappa shape index (κ3) is 3.69. The number of carbonyl (C=O) groups is 1. The molecule has 7 heteroatoms. The first-order valence-corrected chi connectivity index (χ1v) is 7.51. The van der Waals surface area contributed by atoms with E-state index in [1.165, 1.54) is 0 Å². The quantitative estimate of drug-likeness (QED) is 0.812. The lowest BCUT2D eigenvalue weighted by Gasteiger charge is -2.11. The first-order chi connectivity index (χ1) is 8.55. The Balaban J connectivity index is 1.76. The number of pyridine rings is 1. The van der Waals surface area contributed by atoms with Crippen molar-refractivity contribution >= 4 is 15.9 Å². The largest absolute Gasteiger partial charge is 0.334 e. The van der Waals surface area contributed by atoms with Gasteiger partial charge in [-0.2, -0.15) is 0 Å². The molecule has 2 N–H and O–H groups in total. The van der Waals surface area contributed by atoms with Gasteiger partial charge in [-0.1, -0.05) is 0 Å². The highest BCUT2D eigenvalue weighted by Crippen LogP contribution is 2.10. The molecule has 2 rings (SSSR count). The topological polar surface area (TPSA) is 88.2 Å². The number of hydrogen-bond acceptors (Lipinski definition) is 4. The van der Waals surface area contributed by atoms with Crippen molar-refractivity contribution in [3.05, 3.63) is 30.1 Å². The summed E-state index contributed by atoms with van der Waals surface area (Å²) in [4.78, 5) is 15.4. The van der Waals surface area contributed by atoms with E-state index in [9.17, 15) is 13.2 Å². The normalized spacial score (nSPS) is 21.4. The van der Waals surface area contributed by atoms with Crippen molar-refractivity contribution < 1.29 is 13.2 Å². The summed E-state index contributed by atoms with van der Waals surface area (Å²) >= 11 is 0. The van der Waals surface area contributed by atoms with Crippen LogP contribution in [0.25, 0.3) is 0 Å². The number of urea groups is 1. The Morgan fingerprint density at radius 3 is 2.72 bits per heavy atom. The summed E-state index contributed by atoms with van der Waals surface area (Å²) in [5.41, 5.74) is 0.944. The first-order valence-electron chi connectivity index (χ1n) is 5.69. The smallest absolute Gasteiger partial charge is 0.315 e. The summed E-state index contributed by atoms with van der Waals surface area (Å²) in [5.74, 6) is 0.192. The van der Waals surface area contributed by atoms with Crippen LogP contribution in [0.2, 0.25) is 0 Å². The van der Waals surface area contributed by atoms with Crippen molar-refractivity contribution in [2.45, 2.75) is 19.0 Å². The van der Waals surface area contributed by atoms with Crippen molar-refractivity contribution in [2.24, 2.45) is 0 Å². The molecule has 1 unspecified atom stereocenters. The lowest BCUT2D eigenvalue weighted by Crippen LogP contribution is -2.42. The molecule has 0 radical (unpaired) electrons. The van der Waals surface area contributed by atoms with Crippen molar-refractivity contribution in [3.63, 3.8) is 0 Å². The molecule has 2 amide bonds. The van der Waals surface area contributed by atoms with Crippen LogP contribution in [-0.2, 0) is 16.4 Å². The molecule has 1 aliphatic heterocycles. The van der Waals surface area contributed by atoms with Gasteiger partial charge >= 0.3 is 6.03 Å². The Labute approximate surface area is 106 Å². The van der Waals surface area contributed by atoms with E-state index >= 15 is 0 Å². The van der Waals surface area contributed by atoms with E-state index in [1.807, 2.05) is 0 Å². The Bertz CT molecular complexity index is 516. The molecule has 1 fully saturated rings. The molecule has 0 bridgehead atoms.